The topological polar surface area (TPSA) is 49.7 Å². The predicted molar refractivity (Wildman–Crippen MR) is 76.5 cm³/mol. The van der Waals surface area contributed by atoms with E-state index in [1.165, 1.54) is 18.5 Å². The van der Waals surface area contributed by atoms with Gasteiger partial charge in [0.2, 0.25) is 0 Å². The number of hydrogen-bond acceptors (Lipinski definition) is 3. The summed E-state index contributed by atoms with van der Waals surface area (Å²) in [6.45, 7) is 4.34. The molecule has 0 bridgehead atoms. The summed E-state index contributed by atoms with van der Waals surface area (Å²) in [5.41, 5.74) is 1.20. The highest BCUT2D eigenvalue weighted by Crippen LogP contribution is 2.20. The summed E-state index contributed by atoms with van der Waals surface area (Å²) in [6, 6.07) is 2.05. The van der Waals surface area contributed by atoms with Crippen molar-refractivity contribution in [3.8, 4) is 0 Å². The third kappa shape index (κ3) is 3.45. The zero-order chi connectivity index (χ0) is 13.1. The minimum atomic E-state index is 0.741. The van der Waals surface area contributed by atoms with Crippen LogP contribution in [-0.4, -0.2) is 38.0 Å². The fourth-order valence-electron chi connectivity index (χ4n) is 2.64. The molecule has 1 saturated heterocycles. The third-order valence-electron chi connectivity index (χ3n) is 3.71. The number of nitrogens with zero attached hydrogens (tertiary/aromatic N) is 4. The minimum absolute atomic E-state index is 0.741. The van der Waals surface area contributed by atoms with E-state index in [0.717, 1.165) is 36.6 Å². The Hall–Kier alpha value is -1.14. The van der Waals surface area contributed by atoms with Crippen LogP contribution in [0.4, 0.5) is 0 Å². The molecule has 0 unspecified atom stereocenters. The van der Waals surface area contributed by atoms with Gasteiger partial charge in [-0.15, -0.1) is 0 Å². The molecule has 6 heteroatoms. The lowest BCUT2D eigenvalue weighted by Crippen LogP contribution is -2.34. The standard InChI is InChI=1S/C13H18BrN5/c14-12-7-16-19(9-12)8-11-2-5-18(6-3-11)10-13-1-4-15-17-13/h1,4,7,9,11H,2-3,5-6,8,10H2,(H,15,17). The van der Waals surface area contributed by atoms with Crippen molar-refractivity contribution in [3.05, 3.63) is 34.8 Å². The van der Waals surface area contributed by atoms with Crippen molar-refractivity contribution < 1.29 is 0 Å². The van der Waals surface area contributed by atoms with Gasteiger partial charge in [-0.2, -0.15) is 10.2 Å². The van der Waals surface area contributed by atoms with Crippen LogP contribution in [0.3, 0.4) is 0 Å². The number of piperidine rings is 1. The molecule has 0 atom stereocenters. The maximum atomic E-state index is 4.33. The lowest BCUT2D eigenvalue weighted by Gasteiger charge is -2.31. The van der Waals surface area contributed by atoms with E-state index in [4.69, 9.17) is 0 Å². The molecule has 2 aromatic heterocycles. The molecule has 0 spiro atoms. The van der Waals surface area contributed by atoms with E-state index in [1.807, 2.05) is 23.1 Å². The fourth-order valence-corrected chi connectivity index (χ4v) is 2.97. The van der Waals surface area contributed by atoms with Crippen LogP contribution < -0.4 is 0 Å². The van der Waals surface area contributed by atoms with Gasteiger partial charge in [-0.3, -0.25) is 14.7 Å². The van der Waals surface area contributed by atoms with E-state index >= 15 is 0 Å². The average Bonchev–Trinajstić information content (AvgIpc) is 3.04. The molecule has 102 valence electrons. The molecule has 1 aliphatic rings. The monoisotopic (exact) mass is 323 g/mol. The Morgan fingerprint density at radius 2 is 2.21 bits per heavy atom. The van der Waals surface area contributed by atoms with Crippen molar-refractivity contribution in [3.63, 3.8) is 0 Å². The zero-order valence-corrected chi connectivity index (χ0v) is 12.4. The highest BCUT2D eigenvalue weighted by atomic mass is 79.9. The van der Waals surface area contributed by atoms with Crippen molar-refractivity contribution in [2.75, 3.05) is 13.1 Å². The van der Waals surface area contributed by atoms with E-state index in [9.17, 15) is 0 Å². The van der Waals surface area contributed by atoms with Crippen molar-refractivity contribution in [1.29, 1.82) is 0 Å². The summed E-state index contributed by atoms with van der Waals surface area (Å²) in [6.07, 6.45) is 8.21. The van der Waals surface area contributed by atoms with Gasteiger partial charge >= 0.3 is 0 Å². The van der Waals surface area contributed by atoms with Crippen LogP contribution in [0.2, 0.25) is 0 Å². The van der Waals surface area contributed by atoms with E-state index < -0.39 is 0 Å². The van der Waals surface area contributed by atoms with Gasteiger partial charge in [0.25, 0.3) is 0 Å². The van der Waals surface area contributed by atoms with Crippen molar-refractivity contribution >= 4 is 15.9 Å². The van der Waals surface area contributed by atoms with Crippen molar-refractivity contribution in [1.82, 2.24) is 24.9 Å². The Labute approximate surface area is 121 Å². The van der Waals surface area contributed by atoms with E-state index in [-0.39, 0.29) is 0 Å². The Balaban J connectivity index is 1.46. The molecular weight excluding hydrogens is 306 g/mol. The van der Waals surface area contributed by atoms with Gasteiger partial charge in [0.15, 0.2) is 0 Å². The van der Waals surface area contributed by atoms with Crippen LogP contribution in [0.15, 0.2) is 29.1 Å². The molecular formula is C13H18BrN5. The molecule has 3 rings (SSSR count). The molecule has 5 nitrogen and oxygen atoms in total. The van der Waals surface area contributed by atoms with E-state index in [1.54, 1.807) is 0 Å². The number of likely N-dealkylation sites (tertiary alicyclic amines) is 1. The van der Waals surface area contributed by atoms with Gasteiger partial charge in [0.1, 0.15) is 0 Å². The second kappa shape index (κ2) is 5.88. The summed E-state index contributed by atoms with van der Waals surface area (Å²) in [4.78, 5) is 2.49. The normalized spacial score (nSPS) is 17.9. The number of aromatic nitrogens is 4. The molecule has 0 saturated carbocycles. The number of aromatic amines is 1. The van der Waals surface area contributed by atoms with Gasteiger partial charge in [-0.1, -0.05) is 0 Å². The number of hydrogen-bond donors (Lipinski definition) is 1. The SMILES string of the molecule is Brc1cnn(CC2CCN(Cc3ccn[nH]3)CC2)c1. The summed E-state index contributed by atoms with van der Waals surface area (Å²) in [5.74, 6) is 0.741. The Kier molecular flexibility index (Phi) is 3.98. The van der Waals surface area contributed by atoms with Crippen molar-refractivity contribution in [2.24, 2.45) is 5.92 Å². The molecule has 1 aliphatic heterocycles. The second-order valence-corrected chi connectivity index (χ2v) is 6.10. The lowest BCUT2D eigenvalue weighted by molar-refractivity contribution is 0.163. The number of nitrogens with one attached hydrogen (secondary N) is 1. The molecule has 0 aliphatic carbocycles. The summed E-state index contributed by atoms with van der Waals surface area (Å²) < 4.78 is 3.10. The Bertz CT molecular complexity index is 499. The first kappa shape index (κ1) is 12.9. The minimum Gasteiger partial charge on any atom is -0.298 e. The highest BCUT2D eigenvalue weighted by molar-refractivity contribution is 9.10. The maximum Gasteiger partial charge on any atom is 0.0632 e. The van der Waals surface area contributed by atoms with Crippen LogP contribution >= 0.6 is 15.9 Å². The van der Waals surface area contributed by atoms with Crippen LogP contribution in [0.5, 0.6) is 0 Å². The quantitative estimate of drug-likeness (QED) is 0.939. The molecule has 0 radical (unpaired) electrons. The highest BCUT2D eigenvalue weighted by Gasteiger charge is 2.20. The molecule has 0 amide bonds. The Morgan fingerprint density at radius 1 is 1.37 bits per heavy atom. The molecule has 0 aromatic carbocycles. The summed E-state index contributed by atoms with van der Waals surface area (Å²) in [5, 5.41) is 11.4. The van der Waals surface area contributed by atoms with E-state index in [0.29, 0.717) is 0 Å². The lowest BCUT2D eigenvalue weighted by atomic mass is 9.97. The van der Waals surface area contributed by atoms with Crippen LogP contribution in [0.25, 0.3) is 0 Å². The van der Waals surface area contributed by atoms with Crippen LogP contribution in [-0.2, 0) is 13.1 Å². The van der Waals surface area contributed by atoms with Gasteiger partial charge in [0.05, 0.1) is 10.7 Å². The predicted octanol–water partition coefficient (Wildman–Crippen LogP) is 2.28. The van der Waals surface area contributed by atoms with Gasteiger partial charge in [-0.25, -0.2) is 0 Å². The third-order valence-corrected chi connectivity index (χ3v) is 4.12. The fraction of sp³-hybridized carbons (Fsp3) is 0.538. The molecule has 3 heterocycles. The largest absolute Gasteiger partial charge is 0.298 e. The molecule has 1 N–H and O–H groups in total. The smallest absolute Gasteiger partial charge is 0.0632 e. The van der Waals surface area contributed by atoms with Gasteiger partial charge < -0.3 is 0 Å². The number of rotatable bonds is 4. The molecule has 19 heavy (non-hydrogen) atoms. The summed E-state index contributed by atoms with van der Waals surface area (Å²) >= 11 is 3.44. The van der Waals surface area contributed by atoms with Gasteiger partial charge in [0, 0.05) is 31.2 Å². The zero-order valence-electron chi connectivity index (χ0n) is 10.8. The van der Waals surface area contributed by atoms with Crippen molar-refractivity contribution in [2.45, 2.75) is 25.9 Å². The van der Waals surface area contributed by atoms with Crippen LogP contribution in [0.1, 0.15) is 18.5 Å². The molecule has 1 fully saturated rings. The average molecular weight is 324 g/mol. The Morgan fingerprint density at radius 3 is 2.84 bits per heavy atom. The van der Waals surface area contributed by atoms with Gasteiger partial charge in [-0.05, 0) is 53.8 Å². The first-order valence-electron chi connectivity index (χ1n) is 6.68. The summed E-state index contributed by atoms with van der Waals surface area (Å²) in [7, 11) is 0. The first-order valence-corrected chi connectivity index (χ1v) is 7.47. The van der Waals surface area contributed by atoms with E-state index in [2.05, 4.69) is 42.3 Å². The number of H-pyrrole nitrogens is 1. The van der Waals surface area contributed by atoms with Crippen LogP contribution in [0, 0.1) is 5.92 Å². The molecule has 2 aromatic rings. The second-order valence-electron chi connectivity index (χ2n) is 5.18. The number of halogens is 1. The first-order chi connectivity index (χ1) is 9.29. The maximum absolute atomic E-state index is 4.33.